The highest BCUT2D eigenvalue weighted by Crippen LogP contribution is 2.20. The molecule has 1 atom stereocenters. The minimum absolute atomic E-state index is 0.0523. The molecule has 2 aromatic heterocycles. The molecule has 8 nitrogen and oxygen atoms in total. The predicted molar refractivity (Wildman–Crippen MR) is 84.0 cm³/mol. The second kappa shape index (κ2) is 7.48. The second-order valence-electron chi connectivity index (χ2n) is 6.02. The molecule has 1 aliphatic heterocycles. The van der Waals surface area contributed by atoms with E-state index in [9.17, 15) is 4.79 Å². The van der Waals surface area contributed by atoms with Crippen LogP contribution in [0.5, 0.6) is 0 Å². The van der Waals surface area contributed by atoms with Crippen LogP contribution in [0.15, 0.2) is 23.0 Å². The van der Waals surface area contributed by atoms with Crippen LogP contribution in [0.2, 0.25) is 0 Å². The predicted octanol–water partition coefficient (Wildman–Crippen LogP) is 1.52. The van der Waals surface area contributed by atoms with Gasteiger partial charge in [0, 0.05) is 37.7 Å². The van der Waals surface area contributed by atoms with Gasteiger partial charge in [-0.05, 0) is 0 Å². The van der Waals surface area contributed by atoms with Gasteiger partial charge in [0.05, 0.1) is 25.0 Å². The first-order valence-electron chi connectivity index (χ1n) is 8.11. The van der Waals surface area contributed by atoms with Gasteiger partial charge in [0.1, 0.15) is 6.10 Å². The van der Waals surface area contributed by atoms with Gasteiger partial charge in [-0.3, -0.25) is 14.8 Å². The van der Waals surface area contributed by atoms with Gasteiger partial charge in [0.15, 0.2) is 0 Å². The zero-order valence-corrected chi connectivity index (χ0v) is 13.9. The topological polar surface area (TPSA) is 94.2 Å². The quantitative estimate of drug-likeness (QED) is 0.819. The Bertz CT molecular complexity index is 673. The summed E-state index contributed by atoms with van der Waals surface area (Å²) in [5, 5.41) is 7.97. The third kappa shape index (κ3) is 3.94. The third-order valence-corrected chi connectivity index (χ3v) is 3.86. The summed E-state index contributed by atoms with van der Waals surface area (Å²) in [4.78, 5) is 22.5. The molecule has 1 unspecified atom stereocenters. The summed E-state index contributed by atoms with van der Waals surface area (Å²) in [5.74, 6) is 1.35. The Morgan fingerprint density at radius 2 is 2.25 bits per heavy atom. The maximum absolute atomic E-state index is 12.4. The Morgan fingerprint density at radius 3 is 2.96 bits per heavy atom. The molecule has 2 aromatic rings. The number of carbonyl (C=O) groups excluding carboxylic acids is 1. The molecule has 24 heavy (non-hydrogen) atoms. The van der Waals surface area contributed by atoms with Crippen molar-refractivity contribution in [3.8, 4) is 0 Å². The Labute approximate surface area is 140 Å². The van der Waals surface area contributed by atoms with Crippen LogP contribution >= 0.6 is 0 Å². The van der Waals surface area contributed by atoms with Crippen LogP contribution in [-0.2, 0) is 16.0 Å². The van der Waals surface area contributed by atoms with Crippen molar-refractivity contribution in [2.45, 2.75) is 38.7 Å². The zero-order chi connectivity index (χ0) is 16.9. The van der Waals surface area contributed by atoms with Gasteiger partial charge < -0.3 is 14.1 Å². The second-order valence-corrected chi connectivity index (χ2v) is 6.02. The summed E-state index contributed by atoms with van der Waals surface area (Å²) >= 11 is 0. The number of ether oxygens (including phenoxy) is 1. The smallest absolute Gasteiger partial charge is 0.223 e. The fraction of sp³-hybridized carbons (Fsp3) is 0.562. The van der Waals surface area contributed by atoms with Crippen molar-refractivity contribution in [1.82, 2.24) is 25.1 Å². The molecule has 3 rings (SSSR count). The Balaban J connectivity index is 1.54. The van der Waals surface area contributed by atoms with E-state index in [1.165, 1.54) is 0 Å². The number of carbonyl (C=O) groups is 1. The Morgan fingerprint density at radius 1 is 1.38 bits per heavy atom. The maximum atomic E-state index is 12.4. The normalized spacial score (nSPS) is 18.1. The van der Waals surface area contributed by atoms with Crippen LogP contribution in [0.4, 0.5) is 0 Å². The molecule has 3 heterocycles. The number of aryl methyl sites for hydroxylation is 1. The largest absolute Gasteiger partial charge is 0.425 e. The molecule has 0 N–H and O–H groups in total. The van der Waals surface area contributed by atoms with Crippen LogP contribution in [-0.4, -0.2) is 50.7 Å². The molecule has 8 heteroatoms. The molecule has 1 aliphatic rings. The first-order chi connectivity index (χ1) is 11.6. The van der Waals surface area contributed by atoms with Crippen molar-refractivity contribution in [3.05, 3.63) is 36.1 Å². The Hall–Kier alpha value is -2.35. The van der Waals surface area contributed by atoms with Crippen LogP contribution in [0.25, 0.3) is 0 Å². The van der Waals surface area contributed by atoms with Gasteiger partial charge in [0.2, 0.25) is 17.7 Å². The van der Waals surface area contributed by atoms with E-state index in [1.807, 2.05) is 13.8 Å². The fourth-order valence-corrected chi connectivity index (χ4v) is 2.50. The number of nitrogens with zero attached hydrogens (tertiary/aromatic N) is 5. The van der Waals surface area contributed by atoms with E-state index in [4.69, 9.17) is 9.15 Å². The van der Waals surface area contributed by atoms with Crippen molar-refractivity contribution in [1.29, 1.82) is 0 Å². The molecule has 0 aromatic carbocycles. The minimum atomic E-state index is -0.229. The van der Waals surface area contributed by atoms with Gasteiger partial charge >= 0.3 is 0 Å². The van der Waals surface area contributed by atoms with Crippen molar-refractivity contribution in [2.24, 2.45) is 0 Å². The van der Waals surface area contributed by atoms with Crippen molar-refractivity contribution in [3.63, 3.8) is 0 Å². The highest BCUT2D eigenvalue weighted by atomic mass is 16.5. The number of rotatable bonds is 5. The van der Waals surface area contributed by atoms with E-state index in [1.54, 1.807) is 23.5 Å². The molecule has 1 amide bonds. The van der Waals surface area contributed by atoms with Gasteiger partial charge in [0.25, 0.3) is 0 Å². The van der Waals surface area contributed by atoms with Crippen molar-refractivity contribution < 1.29 is 13.9 Å². The lowest BCUT2D eigenvalue weighted by Crippen LogP contribution is -2.42. The standard InChI is InChI=1S/C16H21N5O3/c1-11(2)16-20-19-14(24-16)3-4-15(22)21-7-8-23-13(10-21)12-9-17-5-6-18-12/h5-6,9,11,13H,3-4,7-8,10H2,1-2H3. The monoisotopic (exact) mass is 331 g/mol. The lowest BCUT2D eigenvalue weighted by atomic mass is 10.2. The molecule has 0 aliphatic carbocycles. The first-order valence-corrected chi connectivity index (χ1v) is 8.11. The van der Waals surface area contributed by atoms with Crippen LogP contribution in [0.1, 0.15) is 49.8 Å². The maximum Gasteiger partial charge on any atom is 0.223 e. The van der Waals surface area contributed by atoms with Gasteiger partial charge in [-0.25, -0.2) is 0 Å². The number of amides is 1. The lowest BCUT2D eigenvalue weighted by molar-refractivity contribution is -0.139. The summed E-state index contributed by atoms with van der Waals surface area (Å²) in [6.45, 7) is 5.53. The number of hydrogen-bond acceptors (Lipinski definition) is 7. The summed E-state index contributed by atoms with van der Waals surface area (Å²) in [5.41, 5.74) is 0.744. The molecule has 1 saturated heterocycles. The SMILES string of the molecule is CC(C)c1nnc(CCC(=O)N2CCOC(c3cnccn3)C2)o1. The Kier molecular flexibility index (Phi) is 5.14. The average molecular weight is 331 g/mol. The van der Waals surface area contributed by atoms with Crippen molar-refractivity contribution >= 4 is 5.91 Å². The van der Waals surface area contributed by atoms with E-state index < -0.39 is 0 Å². The number of morpholine rings is 1. The molecule has 128 valence electrons. The molecule has 0 bridgehead atoms. The van der Waals surface area contributed by atoms with E-state index in [-0.39, 0.29) is 17.9 Å². The molecule has 0 saturated carbocycles. The summed E-state index contributed by atoms with van der Waals surface area (Å²) < 4.78 is 11.2. The lowest BCUT2D eigenvalue weighted by Gasteiger charge is -2.32. The van der Waals surface area contributed by atoms with Crippen LogP contribution in [0, 0.1) is 0 Å². The molecule has 1 fully saturated rings. The highest BCUT2D eigenvalue weighted by molar-refractivity contribution is 5.76. The summed E-state index contributed by atoms with van der Waals surface area (Å²) in [6.07, 6.45) is 5.47. The minimum Gasteiger partial charge on any atom is -0.425 e. The van der Waals surface area contributed by atoms with Gasteiger partial charge in [-0.2, -0.15) is 0 Å². The van der Waals surface area contributed by atoms with E-state index in [2.05, 4.69) is 20.2 Å². The van der Waals surface area contributed by atoms with Gasteiger partial charge in [-0.15, -0.1) is 10.2 Å². The van der Waals surface area contributed by atoms with Crippen LogP contribution in [0.3, 0.4) is 0 Å². The zero-order valence-electron chi connectivity index (χ0n) is 13.9. The molecule has 0 spiro atoms. The first kappa shape index (κ1) is 16.5. The molecule has 0 radical (unpaired) electrons. The number of hydrogen-bond donors (Lipinski definition) is 0. The van der Waals surface area contributed by atoms with Gasteiger partial charge in [-0.1, -0.05) is 13.8 Å². The van der Waals surface area contributed by atoms with E-state index >= 15 is 0 Å². The molecular formula is C16H21N5O3. The molecular weight excluding hydrogens is 310 g/mol. The van der Waals surface area contributed by atoms with E-state index in [0.29, 0.717) is 44.3 Å². The number of aromatic nitrogens is 4. The van der Waals surface area contributed by atoms with E-state index in [0.717, 1.165) is 5.69 Å². The fourth-order valence-electron chi connectivity index (χ4n) is 2.50. The summed E-state index contributed by atoms with van der Waals surface area (Å²) in [6, 6.07) is 0. The van der Waals surface area contributed by atoms with Crippen molar-refractivity contribution in [2.75, 3.05) is 19.7 Å². The highest BCUT2D eigenvalue weighted by Gasteiger charge is 2.26. The summed E-state index contributed by atoms with van der Waals surface area (Å²) in [7, 11) is 0. The average Bonchev–Trinajstić information content (AvgIpc) is 3.10. The third-order valence-electron chi connectivity index (χ3n) is 3.86. The van der Waals surface area contributed by atoms with Crippen LogP contribution < -0.4 is 0 Å².